The van der Waals surface area contributed by atoms with E-state index in [1.165, 1.54) is 19.9 Å². The van der Waals surface area contributed by atoms with Crippen LogP contribution in [0.2, 0.25) is 0 Å². The lowest BCUT2D eigenvalue weighted by molar-refractivity contribution is -0.181. The molecule has 2 aliphatic carbocycles. The Morgan fingerprint density at radius 1 is 1.07 bits per heavy atom. The van der Waals surface area contributed by atoms with Crippen molar-refractivity contribution in [3.05, 3.63) is 23.8 Å². The molecule has 3 rings (SSSR count). The van der Waals surface area contributed by atoms with E-state index in [2.05, 4.69) is 6.58 Å². The monoisotopic (exact) mass is 576 g/mol. The van der Waals surface area contributed by atoms with Gasteiger partial charge >= 0.3 is 23.9 Å². The van der Waals surface area contributed by atoms with Crippen LogP contribution in [0.1, 0.15) is 74.7 Å². The van der Waals surface area contributed by atoms with Gasteiger partial charge in [0.2, 0.25) is 0 Å². The summed E-state index contributed by atoms with van der Waals surface area (Å²) in [6.45, 7) is 18.0. The van der Waals surface area contributed by atoms with Crippen LogP contribution < -0.4 is 0 Å². The maximum atomic E-state index is 13.4. The SMILES string of the molecule is C=C1C2CC(=O)C(C(C)OC(C)=O)C2C(C2(C)CO2)C(OC(=O)CC(C)CC)C1OC(=O)C=C(C)C(C)OC(C)=O. The van der Waals surface area contributed by atoms with Crippen LogP contribution in [0.15, 0.2) is 23.8 Å². The van der Waals surface area contributed by atoms with E-state index in [9.17, 15) is 24.0 Å². The third-order valence-corrected chi connectivity index (χ3v) is 8.80. The van der Waals surface area contributed by atoms with Gasteiger partial charge in [0, 0.05) is 38.7 Å². The summed E-state index contributed by atoms with van der Waals surface area (Å²) in [4.78, 5) is 62.9. The molecule has 2 saturated carbocycles. The van der Waals surface area contributed by atoms with Crippen LogP contribution >= 0.6 is 0 Å². The van der Waals surface area contributed by atoms with Gasteiger partial charge in [-0.3, -0.25) is 19.2 Å². The number of ketones is 1. The Labute approximate surface area is 242 Å². The van der Waals surface area contributed by atoms with Crippen molar-refractivity contribution in [2.75, 3.05) is 6.61 Å². The second kappa shape index (κ2) is 12.9. The summed E-state index contributed by atoms with van der Waals surface area (Å²) in [6, 6.07) is 0. The number of hydrogen-bond acceptors (Lipinski definition) is 10. The number of hydrogen-bond donors (Lipinski definition) is 0. The Morgan fingerprint density at radius 3 is 2.22 bits per heavy atom. The van der Waals surface area contributed by atoms with Crippen molar-refractivity contribution >= 4 is 29.7 Å². The third-order valence-electron chi connectivity index (χ3n) is 8.80. The Balaban J connectivity index is 2.02. The molecule has 0 radical (unpaired) electrons. The predicted molar refractivity (Wildman–Crippen MR) is 147 cm³/mol. The molecule has 0 N–H and O–H groups in total. The molecule has 1 aliphatic heterocycles. The highest BCUT2D eigenvalue weighted by molar-refractivity contribution is 5.86. The van der Waals surface area contributed by atoms with Crippen molar-refractivity contribution in [3.8, 4) is 0 Å². The lowest BCUT2D eigenvalue weighted by atomic mass is 9.61. The first-order valence-electron chi connectivity index (χ1n) is 14.4. The molecule has 0 spiro atoms. The number of fused-ring (bicyclic) bond motifs is 1. The van der Waals surface area contributed by atoms with Gasteiger partial charge in [-0.05, 0) is 56.6 Å². The summed E-state index contributed by atoms with van der Waals surface area (Å²) < 4.78 is 28.6. The number of esters is 4. The zero-order chi connectivity index (χ0) is 30.8. The van der Waals surface area contributed by atoms with Crippen LogP contribution in [0, 0.1) is 29.6 Å². The molecule has 0 aromatic rings. The number of carbonyl (C=O) groups is 5. The first kappa shape index (κ1) is 32.5. The second-order valence-electron chi connectivity index (χ2n) is 12.1. The van der Waals surface area contributed by atoms with E-state index in [0.29, 0.717) is 17.8 Å². The fraction of sp³-hybridized carbons (Fsp3) is 0.710. The van der Waals surface area contributed by atoms with Crippen LogP contribution in [0.4, 0.5) is 0 Å². The maximum absolute atomic E-state index is 13.4. The zero-order valence-corrected chi connectivity index (χ0v) is 25.4. The minimum atomic E-state index is -1.04. The van der Waals surface area contributed by atoms with E-state index >= 15 is 0 Å². The summed E-state index contributed by atoms with van der Waals surface area (Å²) in [5, 5.41) is 0. The molecular weight excluding hydrogens is 532 g/mol. The molecule has 0 bridgehead atoms. The van der Waals surface area contributed by atoms with Crippen LogP contribution in [-0.2, 0) is 47.7 Å². The van der Waals surface area contributed by atoms with Crippen LogP contribution in [0.25, 0.3) is 0 Å². The highest BCUT2D eigenvalue weighted by atomic mass is 16.6. The van der Waals surface area contributed by atoms with E-state index in [0.717, 1.165) is 6.42 Å². The first-order valence-corrected chi connectivity index (χ1v) is 14.4. The fourth-order valence-corrected chi connectivity index (χ4v) is 6.32. The molecule has 10 heteroatoms. The topological polar surface area (TPSA) is 135 Å². The van der Waals surface area contributed by atoms with Gasteiger partial charge in [-0.2, -0.15) is 0 Å². The average molecular weight is 577 g/mol. The quantitative estimate of drug-likeness (QED) is 0.117. The van der Waals surface area contributed by atoms with Crippen molar-refractivity contribution in [1.29, 1.82) is 0 Å². The van der Waals surface area contributed by atoms with Gasteiger partial charge in [0.15, 0.2) is 6.10 Å². The molecule has 10 unspecified atom stereocenters. The molecule has 0 aromatic heterocycles. The highest BCUT2D eigenvalue weighted by Crippen LogP contribution is 2.58. The largest absolute Gasteiger partial charge is 0.462 e. The van der Waals surface area contributed by atoms with Gasteiger partial charge in [-0.1, -0.05) is 26.8 Å². The zero-order valence-electron chi connectivity index (χ0n) is 25.4. The van der Waals surface area contributed by atoms with Crippen molar-refractivity contribution in [1.82, 2.24) is 0 Å². The minimum Gasteiger partial charge on any atom is -0.462 e. The molecule has 10 atom stereocenters. The first-order chi connectivity index (χ1) is 19.1. The minimum absolute atomic E-state index is 0.0763. The lowest BCUT2D eigenvalue weighted by Gasteiger charge is -2.48. The van der Waals surface area contributed by atoms with Crippen molar-refractivity contribution in [2.24, 2.45) is 29.6 Å². The van der Waals surface area contributed by atoms with Gasteiger partial charge in [0.1, 0.15) is 24.1 Å². The Morgan fingerprint density at radius 2 is 1.68 bits per heavy atom. The second-order valence-corrected chi connectivity index (χ2v) is 12.1. The van der Waals surface area contributed by atoms with E-state index in [1.807, 2.05) is 20.8 Å². The Kier molecular flexibility index (Phi) is 10.2. The van der Waals surface area contributed by atoms with E-state index in [-0.39, 0.29) is 24.5 Å². The van der Waals surface area contributed by atoms with Gasteiger partial charge in [-0.15, -0.1) is 0 Å². The van der Waals surface area contributed by atoms with Crippen molar-refractivity contribution in [3.63, 3.8) is 0 Å². The third kappa shape index (κ3) is 7.45. The molecule has 0 amide bonds. The number of epoxide rings is 1. The summed E-state index contributed by atoms with van der Waals surface area (Å²) in [7, 11) is 0. The van der Waals surface area contributed by atoms with Crippen molar-refractivity contribution < 1.29 is 47.7 Å². The summed E-state index contributed by atoms with van der Waals surface area (Å²) in [5.41, 5.74) is 0.189. The Bertz CT molecular complexity index is 1100. The maximum Gasteiger partial charge on any atom is 0.331 e. The lowest BCUT2D eigenvalue weighted by Crippen LogP contribution is -2.57. The molecule has 1 saturated heterocycles. The molecule has 3 fully saturated rings. The molecular formula is C31H44O10. The van der Waals surface area contributed by atoms with E-state index < -0.39 is 77.6 Å². The van der Waals surface area contributed by atoms with Crippen LogP contribution in [0.5, 0.6) is 0 Å². The molecule has 1 heterocycles. The number of carbonyl (C=O) groups excluding carboxylic acids is 5. The van der Waals surface area contributed by atoms with Gasteiger partial charge in [0.05, 0.1) is 18.1 Å². The van der Waals surface area contributed by atoms with Gasteiger partial charge in [0.25, 0.3) is 0 Å². The highest BCUT2D eigenvalue weighted by Gasteiger charge is 2.66. The summed E-state index contributed by atoms with van der Waals surface area (Å²) >= 11 is 0. The average Bonchev–Trinajstić information content (AvgIpc) is 3.50. The molecule has 41 heavy (non-hydrogen) atoms. The summed E-state index contributed by atoms with van der Waals surface area (Å²) in [6.07, 6.45) is -1.06. The van der Waals surface area contributed by atoms with Gasteiger partial charge in [-0.25, -0.2) is 4.79 Å². The smallest absolute Gasteiger partial charge is 0.331 e. The van der Waals surface area contributed by atoms with Crippen molar-refractivity contribution in [2.45, 2.75) is 105 Å². The van der Waals surface area contributed by atoms with E-state index in [4.69, 9.17) is 23.7 Å². The van der Waals surface area contributed by atoms with Crippen LogP contribution in [0.3, 0.4) is 0 Å². The summed E-state index contributed by atoms with van der Waals surface area (Å²) in [5.74, 6) is -4.16. The molecule has 10 nitrogen and oxygen atoms in total. The number of Topliss-reactive ketones (excluding diaryl/α,β-unsaturated/α-hetero) is 1. The standard InChI is InChI=1S/C31H44O10/c1-10-15(2)11-24(35)41-30-28(31(9)14-37-31)27-22(13-23(34)26(27)19(6)39-21(8)33)17(4)29(30)40-25(36)12-16(3)18(5)38-20(7)32/h12,15,18-19,22,26-30H,4,10-11,13-14H2,1-3,5-9H3. The van der Waals surface area contributed by atoms with Crippen LogP contribution in [-0.4, -0.2) is 66.3 Å². The molecule has 228 valence electrons. The normalized spacial score (nSPS) is 33.2. The van der Waals surface area contributed by atoms with E-state index in [1.54, 1.807) is 20.8 Å². The number of rotatable bonds is 11. The predicted octanol–water partition coefficient (Wildman–Crippen LogP) is 3.89. The fourth-order valence-electron chi connectivity index (χ4n) is 6.32. The molecule has 0 aromatic carbocycles. The molecule has 3 aliphatic rings. The van der Waals surface area contributed by atoms with Gasteiger partial charge < -0.3 is 23.7 Å². The Hall–Kier alpha value is -3.01. The number of ether oxygens (including phenoxy) is 5.